The first-order valence-corrected chi connectivity index (χ1v) is 6.26. The summed E-state index contributed by atoms with van der Waals surface area (Å²) in [6.07, 6.45) is 1.01. The zero-order valence-corrected chi connectivity index (χ0v) is 11.3. The first-order valence-electron chi connectivity index (χ1n) is 6.26. The second kappa shape index (κ2) is 7.01. The number of nitrogens with one attached hydrogen (secondary N) is 1. The van der Waals surface area contributed by atoms with Crippen molar-refractivity contribution in [1.29, 1.82) is 0 Å². The molecule has 0 aliphatic heterocycles. The van der Waals surface area contributed by atoms with E-state index in [1.54, 1.807) is 0 Å². The van der Waals surface area contributed by atoms with Gasteiger partial charge in [0, 0.05) is 11.8 Å². The third-order valence-electron chi connectivity index (χ3n) is 2.61. The molecular weight excluding hydrogens is 228 g/mol. The summed E-state index contributed by atoms with van der Waals surface area (Å²) in [5.74, 6) is 1.22. The van der Waals surface area contributed by atoms with Gasteiger partial charge < -0.3 is 15.8 Å². The van der Waals surface area contributed by atoms with Gasteiger partial charge in [-0.15, -0.1) is 0 Å². The van der Waals surface area contributed by atoms with E-state index in [0.29, 0.717) is 12.5 Å². The van der Waals surface area contributed by atoms with E-state index in [2.05, 4.69) is 19.2 Å². The highest BCUT2D eigenvalue weighted by Crippen LogP contribution is 2.23. The van der Waals surface area contributed by atoms with Crippen molar-refractivity contribution in [2.75, 3.05) is 18.5 Å². The Balaban J connectivity index is 2.65. The van der Waals surface area contributed by atoms with Gasteiger partial charge in [0.15, 0.2) is 0 Å². The summed E-state index contributed by atoms with van der Waals surface area (Å²) in [5, 5.41) is 2.71. The Kier molecular flexibility index (Phi) is 5.65. The van der Waals surface area contributed by atoms with Crippen molar-refractivity contribution in [2.24, 2.45) is 11.7 Å². The van der Waals surface area contributed by atoms with E-state index in [0.717, 1.165) is 23.4 Å². The standard InChI is InChI=1S/C14H22N2O2/c1-10(2)6-7-18-13-8-12(5-4-11(13)3)16-14(17)9-15/h4-5,8,10H,6-7,9,15H2,1-3H3,(H,16,17). The van der Waals surface area contributed by atoms with Crippen LogP contribution in [0.3, 0.4) is 0 Å². The molecule has 0 spiro atoms. The lowest BCUT2D eigenvalue weighted by Gasteiger charge is -2.12. The Morgan fingerprint density at radius 3 is 2.78 bits per heavy atom. The molecule has 1 aromatic carbocycles. The predicted octanol–water partition coefficient (Wildman–Crippen LogP) is 2.32. The lowest BCUT2D eigenvalue weighted by Crippen LogP contribution is -2.21. The maximum Gasteiger partial charge on any atom is 0.238 e. The molecule has 0 fully saturated rings. The zero-order valence-electron chi connectivity index (χ0n) is 11.3. The van der Waals surface area contributed by atoms with Gasteiger partial charge in [-0.3, -0.25) is 4.79 Å². The highest BCUT2D eigenvalue weighted by atomic mass is 16.5. The molecule has 18 heavy (non-hydrogen) atoms. The van der Waals surface area contributed by atoms with Gasteiger partial charge in [-0.25, -0.2) is 0 Å². The molecule has 0 aromatic heterocycles. The Morgan fingerprint density at radius 1 is 1.44 bits per heavy atom. The van der Waals surface area contributed by atoms with Crippen LogP contribution in [0.25, 0.3) is 0 Å². The number of rotatable bonds is 6. The third kappa shape index (κ3) is 4.75. The molecule has 0 aliphatic carbocycles. The Morgan fingerprint density at radius 2 is 2.17 bits per heavy atom. The van der Waals surface area contributed by atoms with Crippen molar-refractivity contribution in [3.8, 4) is 5.75 Å². The smallest absolute Gasteiger partial charge is 0.238 e. The number of hydrogen-bond acceptors (Lipinski definition) is 3. The molecule has 0 saturated heterocycles. The van der Waals surface area contributed by atoms with Crippen LogP contribution in [-0.4, -0.2) is 19.1 Å². The van der Waals surface area contributed by atoms with Gasteiger partial charge in [-0.05, 0) is 30.9 Å². The summed E-state index contributed by atoms with van der Waals surface area (Å²) in [6.45, 7) is 6.98. The van der Waals surface area contributed by atoms with Crippen LogP contribution in [0.2, 0.25) is 0 Å². The van der Waals surface area contributed by atoms with Crippen molar-refractivity contribution in [1.82, 2.24) is 0 Å². The van der Waals surface area contributed by atoms with Crippen LogP contribution in [-0.2, 0) is 4.79 Å². The van der Waals surface area contributed by atoms with Crippen molar-refractivity contribution < 1.29 is 9.53 Å². The molecule has 0 radical (unpaired) electrons. The molecule has 4 nitrogen and oxygen atoms in total. The summed E-state index contributed by atoms with van der Waals surface area (Å²) in [5.41, 5.74) is 7.04. The largest absolute Gasteiger partial charge is 0.493 e. The first kappa shape index (κ1) is 14.5. The van der Waals surface area contributed by atoms with Crippen molar-refractivity contribution in [3.63, 3.8) is 0 Å². The molecule has 1 amide bonds. The third-order valence-corrected chi connectivity index (χ3v) is 2.61. The quantitative estimate of drug-likeness (QED) is 0.814. The van der Waals surface area contributed by atoms with Crippen LogP contribution < -0.4 is 15.8 Å². The lowest BCUT2D eigenvalue weighted by molar-refractivity contribution is -0.114. The molecule has 0 bridgehead atoms. The minimum absolute atomic E-state index is 0.0165. The molecule has 0 heterocycles. The van der Waals surface area contributed by atoms with Crippen molar-refractivity contribution in [3.05, 3.63) is 23.8 Å². The van der Waals surface area contributed by atoms with Gasteiger partial charge in [-0.1, -0.05) is 19.9 Å². The summed E-state index contributed by atoms with van der Waals surface area (Å²) in [7, 11) is 0. The maximum absolute atomic E-state index is 11.2. The Labute approximate surface area is 109 Å². The van der Waals surface area contributed by atoms with Gasteiger partial charge in [0.05, 0.1) is 13.2 Å². The van der Waals surface area contributed by atoms with Crippen molar-refractivity contribution in [2.45, 2.75) is 27.2 Å². The maximum atomic E-state index is 11.2. The number of anilines is 1. The molecule has 1 rings (SSSR count). The van der Waals surface area contributed by atoms with Crippen molar-refractivity contribution >= 4 is 11.6 Å². The fourth-order valence-electron chi connectivity index (χ4n) is 1.45. The fourth-order valence-corrected chi connectivity index (χ4v) is 1.45. The molecule has 3 N–H and O–H groups in total. The van der Waals surface area contributed by atoms with E-state index in [-0.39, 0.29) is 12.5 Å². The highest BCUT2D eigenvalue weighted by molar-refractivity contribution is 5.92. The second-order valence-corrected chi connectivity index (χ2v) is 4.76. The number of hydrogen-bond donors (Lipinski definition) is 2. The van der Waals surface area contributed by atoms with Crippen LogP contribution in [0.15, 0.2) is 18.2 Å². The number of carbonyl (C=O) groups excluding carboxylic acids is 1. The van der Waals surface area contributed by atoms with E-state index < -0.39 is 0 Å². The van der Waals surface area contributed by atoms with Crippen LogP contribution in [0.1, 0.15) is 25.8 Å². The Bertz CT molecular complexity index is 403. The number of aryl methyl sites for hydroxylation is 1. The van der Waals surface area contributed by atoms with Crippen LogP contribution in [0.4, 0.5) is 5.69 Å². The first-order chi connectivity index (χ1) is 8.52. The predicted molar refractivity (Wildman–Crippen MR) is 73.8 cm³/mol. The van der Waals surface area contributed by atoms with Crippen LogP contribution >= 0.6 is 0 Å². The molecule has 1 aromatic rings. The molecule has 0 atom stereocenters. The van der Waals surface area contributed by atoms with E-state index in [1.807, 2.05) is 25.1 Å². The molecule has 0 saturated carbocycles. The summed E-state index contributed by atoms with van der Waals surface area (Å²) >= 11 is 0. The minimum atomic E-state index is -0.202. The SMILES string of the molecule is Cc1ccc(NC(=O)CN)cc1OCCC(C)C. The van der Waals surface area contributed by atoms with E-state index in [9.17, 15) is 4.79 Å². The summed E-state index contributed by atoms with van der Waals surface area (Å²) in [4.78, 5) is 11.2. The lowest BCUT2D eigenvalue weighted by atomic mass is 10.1. The number of ether oxygens (including phenoxy) is 1. The van der Waals surface area contributed by atoms with Gasteiger partial charge in [-0.2, -0.15) is 0 Å². The van der Waals surface area contributed by atoms with Crippen LogP contribution in [0, 0.1) is 12.8 Å². The Hall–Kier alpha value is -1.55. The normalized spacial score (nSPS) is 10.5. The van der Waals surface area contributed by atoms with Crippen LogP contribution in [0.5, 0.6) is 5.75 Å². The molecule has 4 heteroatoms. The average Bonchev–Trinajstić information content (AvgIpc) is 2.32. The zero-order chi connectivity index (χ0) is 13.5. The topological polar surface area (TPSA) is 64.4 Å². The number of carbonyl (C=O) groups is 1. The monoisotopic (exact) mass is 250 g/mol. The minimum Gasteiger partial charge on any atom is -0.493 e. The van der Waals surface area contributed by atoms with Gasteiger partial charge in [0.2, 0.25) is 5.91 Å². The fraction of sp³-hybridized carbons (Fsp3) is 0.500. The van der Waals surface area contributed by atoms with Gasteiger partial charge in [0.1, 0.15) is 5.75 Å². The van der Waals surface area contributed by atoms with E-state index in [1.165, 1.54) is 0 Å². The summed E-state index contributed by atoms with van der Waals surface area (Å²) in [6, 6.07) is 5.61. The molecule has 0 unspecified atom stereocenters. The summed E-state index contributed by atoms with van der Waals surface area (Å²) < 4.78 is 5.72. The second-order valence-electron chi connectivity index (χ2n) is 4.76. The average molecular weight is 250 g/mol. The number of benzene rings is 1. The van der Waals surface area contributed by atoms with E-state index in [4.69, 9.17) is 10.5 Å². The molecule has 100 valence electrons. The molecule has 0 aliphatic rings. The highest BCUT2D eigenvalue weighted by Gasteiger charge is 2.04. The molecular formula is C14H22N2O2. The van der Waals surface area contributed by atoms with Gasteiger partial charge in [0.25, 0.3) is 0 Å². The number of amides is 1. The van der Waals surface area contributed by atoms with Gasteiger partial charge >= 0.3 is 0 Å². The number of nitrogens with two attached hydrogens (primary N) is 1. The van der Waals surface area contributed by atoms with E-state index >= 15 is 0 Å².